The van der Waals surface area contributed by atoms with Crippen molar-refractivity contribution >= 4 is 33.0 Å². The van der Waals surface area contributed by atoms with Crippen molar-refractivity contribution in [3.8, 4) is 11.3 Å². The lowest BCUT2D eigenvalue weighted by Crippen LogP contribution is -2.11. The first-order valence-corrected chi connectivity index (χ1v) is 8.48. The van der Waals surface area contributed by atoms with Gasteiger partial charge in [-0.25, -0.2) is 0 Å². The molecule has 3 nitrogen and oxygen atoms in total. The average molecular weight is 330 g/mol. The van der Waals surface area contributed by atoms with Crippen LogP contribution >= 0.6 is 11.3 Å². The molecule has 0 aliphatic rings. The smallest absolute Gasteiger partial charge is 0.255 e. The highest BCUT2D eigenvalue weighted by Gasteiger charge is 2.11. The predicted octanol–water partition coefficient (Wildman–Crippen LogP) is 5.22. The Bertz CT molecular complexity index is 1010. The minimum Gasteiger partial charge on any atom is -0.322 e. The fraction of sp³-hybridized carbons (Fsp3) is 0. The number of carbonyl (C=O) groups excluding carboxylic acids is 1. The standard InChI is InChI=1S/C20H14N2OS/c23-20(22-15-6-2-1-3-7-15)14-10-11-21-18(12-14)17-13-24-19-9-5-4-8-16(17)19/h1-13H,(H,22,23). The van der Waals surface area contributed by atoms with Gasteiger partial charge in [0, 0.05) is 38.5 Å². The Labute approximate surface area is 143 Å². The number of rotatable bonds is 3. The highest BCUT2D eigenvalue weighted by Crippen LogP contribution is 2.32. The first-order valence-electron chi connectivity index (χ1n) is 7.60. The van der Waals surface area contributed by atoms with Gasteiger partial charge in [0.1, 0.15) is 0 Å². The lowest BCUT2D eigenvalue weighted by atomic mass is 10.1. The van der Waals surface area contributed by atoms with Crippen LogP contribution in [-0.2, 0) is 0 Å². The largest absolute Gasteiger partial charge is 0.322 e. The number of nitrogens with zero attached hydrogens (tertiary/aromatic N) is 1. The molecule has 24 heavy (non-hydrogen) atoms. The molecule has 116 valence electrons. The number of thiophene rings is 1. The number of benzene rings is 2. The fourth-order valence-corrected chi connectivity index (χ4v) is 3.57. The number of pyridine rings is 1. The van der Waals surface area contributed by atoms with E-state index in [2.05, 4.69) is 27.8 Å². The number of para-hydroxylation sites is 1. The molecular formula is C20H14N2OS. The summed E-state index contributed by atoms with van der Waals surface area (Å²) in [6.45, 7) is 0. The van der Waals surface area contributed by atoms with Crippen LogP contribution in [0.25, 0.3) is 21.3 Å². The second-order valence-electron chi connectivity index (χ2n) is 5.40. The number of hydrogen-bond acceptors (Lipinski definition) is 3. The maximum atomic E-state index is 12.5. The summed E-state index contributed by atoms with van der Waals surface area (Å²) in [6.07, 6.45) is 1.68. The number of amides is 1. The van der Waals surface area contributed by atoms with E-state index in [-0.39, 0.29) is 5.91 Å². The van der Waals surface area contributed by atoms with Crippen molar-refractivity contribution in [1.82, 2.24) is 4.98 Å². The van der Waals surface area contributed by atoms with Gasteiger partial charge >= 0.3 is 0 Å². The third kappa shape index (κ3) is 2.79. The fourth-order valence-electron chi connectivity index (χ4n) is 2.62. The molecule has 4 rings (SSSR count). The number of aromatic nitrogens is 1. The zero-order valence-corrected chi connectivity index (χ0v) is 13.6. The van der Waals surface area contributed by atoms with Crippen LogP contribution in [0.4, 0.5) is 5.69 Å². The summed E-state index contributed by atoms with van der Waals surface area (Å²) in [4.78, 5) is 16.9. The van der Waals surface area contributed by atoms with Crippen LogP contribution in [-0.4, -0.2) is 10.9 Å². The first-order chi connectivity index (χ1) is 11.8. The Morgan fingerprint density at radius 3 is 2.62 bits per heavy atom. The van der Waals surface area contributed by atoms with Gasteiger partial charge in [-0.2, -0.15) is 0 Å². The monoisotopic (exact) mass is 330 g/mol. The van der Waals surface area contributed by atoms with Crippen molar-refractivity contribution in [2.45, 2.75) is 0 Å². The van der Waals surface area contributed by atoms with Crippen LogP contribution < -0.4 is 5.32 Å². The average Bonchev–Trinajstić information content (AvgIpc) is 3.07. The van der Waals surface area contributed by atoms with Crippen LogP contribution in [0.2, 0.25) is 0 Å². The molecule has 1 amide bonds. The maximum Gasteiger partial charge on any atom is 0.255 e. The van der Waals surface area contributed by atoms with Crippen molar-refractivity contribution in [3.63, 3.8) is 0 Å². The van der Waals surface area contributed by atoms with Crippen LogP contribution in [0.5, 0.6) is 0 Å². The van der Waals surface area contributed by atoms with Crippen molar-refractivity contribution < 1.29 is 4.79 Å². The van der Waals surface area contributed by atoms with Gasteiger partial charge in [0.05, 0.1) is 5.69 Å². The number of anilines is 1. The van der Waals surface area contributed by atoms with Crippen molar-refractivity contribution in [1.29, 1.82) is 0 Å². The summed E-state index contributed by atoms with van der Waals surface area (Å²) >= 11 is 1.69. The van der Waals surface area contributed by atoms with Gasteiger partial charge in [-0.05, 0) is 30.3 Å². The first kappa shape index (κ1) is 14.6. The molecule has 0 saturated carbocycles. The zero-order chi connectivity index (χ0) is 16.4. The summed E-state index contributed by atoms with van der Waals surface area (Å²) in [5, 5.41) is 6.16. The molecule has 0 unspecified atom stereocenters. The van der Waals surface area contributed by atoms with E-state index in [9.17, 15) is 4.79 Å². The lowest BCUT2D eigenvalue weighted by Gasteiger charge is -2.06. The Morgan fingerprint density at radius 2 is 1.75 bits per heavy atom. The van der Waals surface area contributed by atoms with E-state index in [0.29, 0.717) is 5.56 Å². The molecule has 0 atom stereocenters. The van der Waals surface area contributed by atoms with Gasteiger partial charge in [-0.15, -0.1) is 11.3 Å². The number of carbonyl (C=O) groups is 1. The molecule has 0 spiro atoms. The molecule has 0 saturated heterocycles. The summed E-state index contributed by atoms with van der Waals surface area (Å²) in [5.41, 5.74) is 3.25. The Morgan fingerprint density at radius 1 is 0.958 bits per heavy atom. The number of hydrogen-bond donors (Lipinski definition) is 1. The molecular weight excluding hydrogens is 316 g/mol. The van der Waals surface area contributed by atoms with E-state index in [1.807, 2.05) is 48.5 Å². The van der Waals surface area contributed by atoms with Crippen LogP contribution in [0.15, 0.2) is 78.3 Å². The Balaban J connectivity index is 1.68. The quantitative estimate of drug-likeness (QED) is 0.560. The molecule has 0 aliphatic heterocycles. The normalized spacial score (nSPS) is 10.7. The zero-order valence-electron chi connectivity index (χ0n) is 12.8. The summed E-state index contributed by atoms with van der Waals surface area (Å²) in [5.74, 6) is -0.135. The molecule has 0 bridgehead atoms. The SMILES string of the molecule is O=C(Nc1ccccc1)c1ccnc(-c2csc3ccccc23)c1. The van der Waals surface area contributed by atoms with E-state index in [1.165, 1.54) is 4.70 Å². The van der Waals surface area contributed by atoms with Gasteiger partial charge in [0.2, 0.25) is 0 Å². The maximum absolute atomic E-state index is 12.5. The van der Waals surface area contributed by atoms with E-state index < -0.39 is 0 Å². The highest BCUT2D eigenvalue weighted by atomic mass is 32.1. The summed E-state index contributed by atoms with van der Waals surface area (Å²) in [6, 6.07) is 21.2. The summed E-state index contributed by atoms with van der Waals surface area (Å²) < 4.78 is 1.22. The van der Waals surface area contributed by atoms with Crippen molar-refractivity contribution in [3.05, 3.63) is 83.9 Å². The third-order valence-electron chi connectivity index (χ3n) is 3.81. The molecule has 4 aromatic rings. The van der Waals surface area contributed by atoms with Crippen molar-refractivity contribution in [2.75, 3.05) is 5.32 Å². The van der Waals surface area contributed by atoms with Gasteiger partial charge in [-0.3, -0.25) is 9.78 Å². The summed E-state index contributed by atoms with van der Waals surface area (Å²) in [7, 11) is 0. The van der Waals surface area contributed by atoms with Gasteiger partial charge in [-0.1, -0.05) is 36.4 Å². The van der Waals surface area contributed by atoms with Gasteiger partial charge < -0.3 is 5.32 Å². The molecule has 1 N–H and O–H groups in total. The predicted molar refractivity (Wildman–Crippen MR) is 99.5 cm³/mol. The van der Waals surface area contributed by atoms with E-state index in [0.717, 1.165) is 22.3 Å². The molecule has 2 aromatic heterocycles. The number of fused-ring (bicyclic) bond motifs is 1. The molecule has 0 fully saturated rings. The Hall–Kier alpha value is -2.98. The highest BCUT2D eigenvalue weighted by molar-refractivity contribution is 7.17. The minimum atomic E-state index is -0.135. The minimum absolute atomic E-state index is 0.135. The van der Waals surface area contributed by atoms with E-state index >= 15 is 0 Å². The molecule has 2 heterocycles. The van der Waals surface area contributed by atoms with Gasteiger partial charge in [0.25, 0.3) is 5.91 Å². The van der Waals surface area contributed by atoms with Crippen LogP contribution in [0.1, 0.15) is 10.4 Å². The van der Waals surface area contributed by atoms with Crippen LogP contribution in [0, 0.1) is 0 Å². The second kappa shape index (κ2) is 6.26. The molecule has 2 aromatic carbocycles. The molecule has 0 aliphatic carbocycles. The lowest BCUT2D eigenvalue weighted by molar-refractivity contribution is 0.102. The van der Waals surface area contributed by atoms with E-state index in [1.54, 1.807) is 23.6 Å². The molecule has 4 heteroatoms. The van der Waals surface area contributed by atoms with E-state index in [4.69, 9.17) is 0 Å². The van der Waals surface area contributed by atoms with Crippen molar-refractivity contribution in [2.24, 2.45) is 0 Å². The topological polar surface area (TPSA) is 42.0 Å². The Kier molecular flexibility index (Phi) is 3.81. The van der Waals surface area contributed by atoms with Crippen LogP contribution in [0.3, 0.4) is 0 Å². The third-order valence-corrected chi connectivity index (χ3v) is 4.77. The molecule has 0 radical (unpaired) electrons. The van der Waals surface area contributed by atoms with Gasteiger partial charge in [0.15, 0.2) is 0 Å². The number of nitrogens with one attached hydrogen (secondary N) is 1. The second-order valence-corrected chi connectivity index (χ2v) is 6.31.